The number of nitrogens with two attached hydrogens (primary N) is 1. The van der Waals surface area contributed by atoms with Gasteiger partial charge in [-0.1, -0.05) is 72.8 Å². The normalized spacial score (nSPS) is 15.0. The maximum absolute atomic E-state index is 2.29. The predicted octanol–water partition coefficient (Wildman–Crippen LogP) is 6.29. The summed E-state index contributed by atoms with van der Waals surface area (Å²) in [4.78, 5) is 4.36. The van der Waals surface area contributed by atoms with E-state index < -0.39 is 0 Å². The molecule has 36 heavy (non-hydrogen) atoms. The molecule has 3 nitrogen and oxygen atoms in total. The fourth-order valence-corrected chi connectivity index (χ4v) is 4.83. The molecule has 0 saturated carbocycles. The van der Waals surface area contributed by atoms with Crippen molar-refractivity contribution in [2.24, 2.45) is 0 Å². The molecule has 0 heterocycles. The molecule has 0 aromatic heterocycles. The standard InChI is InChI=1S/C33H33N3/c1-35(2)27-18-14-24(15-19-27)33(25-16-20-28(21-17-25)36(3)4)31-22-23-32(30-13-9-8-12-29(30)31)34-26-10-6-5-7-11-26/h5-23,27,34H,1-4H3/p+1. The lowest BCUT2D eigenvalue weighted by Gasteiger charge is -2.22. The highest BCUT2D eigenvalue weighted by atomic mass is 15.1. The maximum atomic E-state index is 2.29. The molecule has 0 spiro atoms. The van der Waals surface area contributed by atoms with E-state index in [1.165, 1.54) is 50.1 Å². The van der Waals surface area contributed by atoms with E-state index in [0.29, 0.717) is 6.04 Å². The SMILES string of the molecule is CN(C)c1ccc(C(=C2C=CC(N(C)C)C=C2)c2ccc([NH2+]c3ccccc3)c3ccccc23)cc1. The van der Waals surface area contributed by atoms with Crippen molar-refractivity contribution in [3.63, 3.8) is 0 Å². The number of allylic oxidation sites excluding steroid dienone is 3. The lowest BCUT2D eigenvalue weighted by Crippen LogP contribution is -2.71. The third-order valence-corrected chi connectivity index (χ3v) is 6.85. The van der Waals surface area contributed by atoms with Gasteiger partial charge < -0.3 is 4.90 Å². The van der Waals surface area contributed by atoms with Crippen LogP contribution in [-0.4, -0.2) is 39.1 Å². The van der Waals surface area contributed by atoms with Crippen molar-refractivity contribution in [1.29, 1.82) is 0 Å². The van der Waals surface area contributed by atoms with Crippen molar-refractivity contribution >= 4 is 33.4 Å². The Labute approximate surface area is 214 Å². The molecule has 0 atom stereocenters. The maximum Gasteiger partial charge on any atom is 0.142 e. The second-order valence-electron chi connectivity index (χ2n) is 9.75. The molecule has 180 valence electrons. The highest BCUT2D eigenvalue weighted by molar-refractivity contribution is 6.03. The second kappa shape index (κ2) is 10.4. The molecule has 3 heteroatoms. The second-order valence-corrected chi connectivity index (χ2v) is 9.75. The number of para-hydroxylation sites is 1. The van der Waals surface area contributed by atoms with Gasteiger partial charge >= 0.3 is 0 Å². The van der Waals surface area contributed by atoms with Crippen molar-refractivity contribution in [2.75, 3.05) is 33.1 Å². The molecule has 4 aromatic carbocycles. The number of rotatable bonds is 6. The van der Waals surface area contributed by atoms with Gasteiger partial charge in [0.15, 0.2) is 0 Å². The van der Waals surface area contributed by atoms with Gasteiger partial charge in [-0.3, -0.25) is 10.2 Å². The van der Waals surface area contributed by atoms with Crippen molar-refractivity contribution < 1.29 is 5.32 Å². The molecule has 0 bridgehead atoms. The number of hydrogen-bond donors (Lipinski definition) is 1. The topological polar surface area (TPSA) is 23.1 Å². The minimum absolute atomic E-state index is 0.311. The largest absolute Gasteiger partial charge is 0.378 e. The average molecular weight is 473 g/mol. The number of fused-ring (bicyclic) bond motifs is 1. The molecular formula is C33H34N3+. The summed E-state index contributed by atoms with van der Waals surface area (Å²) >= 11 is 0. The number of nitrogens with zero attached hydrogens (tertiary/aromatic N) is 2. The molecule has 4 aromatic rings. The van der Waals surface area contributed by atoms with E-state index in [1.807, 2.05) is 0 Å². The Balaban J connectivity index is 1.68. The summed E-state index contributed by atoms with van der Waals surface area (Å²) in [6, 6.07) is 33.1. The Morgan fingerprint density at radius 3 is 1.94 bits per heavy atom. The van der Waals surface area contributed by atoms with Crippen LogP contribution in [0, 0.1) is 0 Å². The lowest BCUT2D eigenvalue weighted by molar-refractivity contribution is -0.476. The Morgan fingerprint density at radius 1 is 0.667 bits per heavy atom. The Morgan fingerprint density at radius 2 is 1.31 bits per heavy atom. The van der Waals surface area contributed by atoms with Crippen LogP contribution < -0.4 is 10.2 Å². The Kier molecular flexibility index (Phi) is 6.86. The zero-order valence-corrected chi connectivity index (χ0v) is 21.5. The molecule has 2 N–H and O–H groups in total. The van der Waals surface area contributed by atoms with Gasteiger partial charge in [-0.15, -0.1) is 0 Å². The molecule has 0 radical (unpaired) electrons. The highest BCUT2D eigenvalue weighted by Crippen LogP contribution is 2.37. The molecule has 0 aliphatic heterocycles. The third-order valence-electron chi connectivity index (χ3n) is 6.85. The summed E-state index contributed by atoms with van der Waals surface area (Å²) in [5.74, 6) is 0. The summed E-state index contributed by atoms with van der Waals surface area (Å²) in [5, 5.41) is 4.79. The first-order chi connectivity index (χ1) is 17.5. The molecule has 0 saturated heterocycles. The van der Waals surface area contributed by atoms with E-state index in [1.54, 1.807) is 0 Å². The van der Waals surface area contributed by atoms with Crippen molar-refractivity contribution in [1.82, 2.24) is 4.90 Å². The summed E-state index contributed by atoms with van der Waals surface area (Å²) in [5.41, 5.74) is 8.60. The lowest BCUT2D eigenvalue weighted by atomic mass is 9.87. The molecule has 0 unspecified atom stereocenters. The monoisotopic (exact) mass is 472 g/mol. The van der Waals surface area contributed by atoms with Crippen LogP contribution in [0.3, 0.4) is 0 Å². The minimum atomic E-state index is 0.311. The van der Waals surface area contributed by atoms with Crippen LogP contribution >= 0.6 is 0 Å². The average Bonchev–Trinajstić information content (AvgIpc) is 2.91. The quantitative estimate of drug-likeness (QED) is 0.333. The molecule has 0 amide bonds. The van der Waals surface area contributed by atoms with Gasteiger partial charge in [0.1, 0.15) is 11.4 Å². The molecule has 5 rings (SSSR count). The summed E-state index contributed by atoms with van der Waals surface area (Å²) in [7, 11) is 8.39. The van der Waals surface area contributed by atoms with E-state index in [4.69, 9.17) is 0 Å². The first-order valence-electron chi connectivity index (χ1n) is 12.5. The number of likely N-dealkylation sites (N-methyl/N-ethyl adjacent to an activating group) is 1. The van der Waals surface area contributed by atoms with Crippen LogP contribution in [-0.2, 0) is 0 Å². The zero-order chi connectivity index (χ0) is 25.1. The van der Waals surface area contributed by atoms with Crippen LogP contribution in [0.5, 0.6) is 0 Å². The predicted molar refractivity (Wildman–Crippen MR) is 154 cm³/mol. The van der Waals surface area contributed by atoms with E-state index in [-0.39, 0.29) is 0 Å². The van der Waals surface area contributed by atoms with Crippen LogP contribution in [0.25, 0.3) is 16.3 Å². The number of quaternary nitrogens is 1. The Hall–Kier alpha value is -3.92. The van der Waals surface area contributed by atoms with Gasteiger partial charge in [0.25, 0.3) is 0 Å². The van der Waals surface area contributed by atoms with E-state index in [0.717, 1.165) is 0 Å². The van der Waals surface area contributed by atoms with Crippen LogP contribution in [0.4, 0.5) is 17.1 Å². The smallest absolute Gasteiger partial charge is 0.142 e. The first kappa shape index (κ1) is 23.8. The fraction of sp³-hybridized carbons (Fsp3) is 0.152. The molecule has 0 fully saturated rings. The fourth-order valence-electron chi connectivity index (χ4n) is 4.83. The summed E-state index contributed by atoms with van der Waals surface area (Å²) in [6.45, 7) is 0. The first-order valence-corrected chi connectivity index (χ1v) is 12.5. The Bertz CT molecular complexity index is 1430. The van der Waals surface area contributed by atoms with E-state index >= 15 is 0 Å². The van der Waals surface area contributed by atoms with E-state index in [2.05, 4.69) is 159 Å². The number of hydrogen-bond acceptors (Lipinski definition) is 2. The van der Waals surface area contributed by atoms with Gasteiger partial charge in [0.05, 0.1) is 0 Å². The zero-order valence-electron chi connectivity index (χ0n) is 21.5. The van der Waals surface area contributed by atoms with Gasteiger partial charge in [-0.05, 0) is 78.2 Å². The van der Waals surface area contributed by atoms with Crippen LogP contribution in [0.1, 0.15) is 11.1 Å². The van der Waals surface area contributed by atoms with Gasteiger partial charge in [-0.2, -0.15) is 0 Å². The van der Waals surface area contributed by atoms with Crippen molar-refractivity contribution in [3.05, 3.63) is 132 Å². The number of benzene rings is 4. The van der Waals surface area contributed by atoms with Gasteiger partial charge in [0, 0.05) is 37.3 Å². The van der Waals surface area contributed by atoms with Crippen LogP contribution in [0.15, 0.2) is 121 Å². The minimum Gasteiger partial charge on any atom is -0.378 e. The van der Waals surface area contributed by atoms with Gasteiger partial charge in [-0.25, -0.2) is 0 Å². The molecule has 1 aliphatic rings. The molecular weight excluding hydrogens is 438 g/mol. The number of anilines is 1. The van der Waals surface area contributed by atoms with Crippen molar-refractivity contribution in [3.8, 4) is 0 Å². The molecule has 1 aliphatic carbocycles. The summed E-state index contributed by atoms with van der Waals surface area (Å²) < 4.78 is 0. The van der Waals surface area contributed by atoms with Gasteiger partial charge in [0.2, 0.25) is 0 Å². The highest BCUT2D eigenvalue weighted by Gasteiger charge is 2.18. The summed E-state index contributed by atoms with van der Waals surface area (Å²) in [6.07, 6.45) is 9.11. The van der Waals surface area contributed by atoms with Crippen molar-refractivity contribution in [2.45, 2.75) is 6.04 Å². The van der Waals surface area contributed by atoms with Crippen LogP contribution in [0.2, 0.25) is 0 Å². The third kappa shape index (κ3) is 4.90. The van der Waals surface area contributed by atoms with E-state index in [9.17, 15) is 0 Å².